The van der Waals surface area contributed by atoms with Gasteiger partial charge in [0.25, 0.3) is 0 Å². The zero-order valence-electron chi connectivity index (χ0n) is 26.4. The van der Waals surface area contributed by atoms with Crippen LogP contribution in [-0.2, 0) is 0 Å². The van der Waals surface area contributed by atoms with E-state index >= 15 is 0 Å². The molecule has 0 amide bonds. The largest absolute Gasteiger partial charge is 0.494 e. The van der Waals surface area contributed by atoms with Crippen LogP contribution in [-0.4, -0.2) is 12.8 Å². The quantitative estimate of drug-likeness (QED) is 0.0531. The highest BCUT2D eigenvalue weighted by Gasteiger charge is 2.05. The van der Waals surface area contributed by atoms with Crippen LogP contribution in [0.4, 0.5) is 17.1 Å². The maximum absolute atomic E-state index is 6.00. The number of hydrogen-bond donors (Lipinski definition) is 0. The molecule has 0 radical (unpaired) electrons. The molecule has 0 saturated heterocycles. The molecule has 0 heterocycles. The monoisotopic (exact) mass is 653 g/mol. The van der Waals surface area contributed by atoms with E-state index in [0.29, 0.717) is 0 Å². The highest BCUT2D eigenvalue weighted by Crippen LogP contribution is 2.34. The number of aliphatic imine (C=N–C) groups is 1. The molecular weight excluding hydrogens is 606 g/mol. The predicted octanol–water partition coefficient (Wildman–Crippen LogP) is 13.6. The Morgan fingerprint density at radius 2 is 1.11 bits per heavy atom. The average Bonchev–Trinajstić information content (AvgIpc) is 3.06. The van der Waals surface area contributed by atoms with Gasteiger partial charge in [-0.05, 0) is 72.6 Å². The second-order valence-corrected chi connectivity index (χ2v) is 12.5. The Balaban J connectivity index is 1.15. The lowest BCUT2D eigenvalue weighted by Crippen LogP contribution is -1.97. The maximum atomic E-state index is 6.00. The fourth-order valence-corrected chi connectivity index (χ4v) is 5.63. The Kier molecular flexibility index (Phi) is 15.2. The van der Waals surface area contributed by atoms with Crippen LogP contribution >= 0.6 is 15.9 Å². The smallest absolute Gasteiger partial charge is 0.119 e. The highest BCUT2D eigenvalue weighted by molar-refractivity contribution is 9.10. The molecule has 4 aromatic rings. The van der Waals surface area contributed by atoms with Crippen LogP contribution in [0, 0.1) is 0 Å². The molecule has 0 N–H and O–H groups in total. The van der Waals surface area contributed by atoms with Crippen LogP contribution < -0.4 is 4.74 Å². The molecule has 0 fully saturated rings. The Bertz CT molecular complexity index is 1430. The molecule has 0 aromatic heterocycles. The van der Waals surface area contributed by atoms with Crippen LogP contribution in [0.15, 0.2) is 105 Å². The molecule has 0 aliphatic carbocycles. The zero-order valence-corrected chi connectivity index (χ0v) is 28.0. The number of benzene rings is 4. The second kappa shape index (κ2) is 19.9. The molecule has 4 aromatic carbocycles. The molecule has 5 heteroatoms. The molecule has 0 bridgehead atoms. The molecule has 0 aliphatic heterocycles. The van der Waals surface area contributed by atoms with Crippen molar-refractivity contribution in [2.75, 3.05) is 6.61 Å². The van der Waals surface area contributed by atoms with Crippen LogP contribution in [0.5, 0.6) is 5.75 Å². The third-order valence-corrected chi connectivity index (χ3v) is 8.51. The van der Waals surface area contributed by atoms with E-state index < -0.39 is 0 Å². The Morgan fingerprint density at radius 1 is 0.568 bits per heavy atom. The number of rotatable bonds is 20. The van der Waals surface area contributed by atoms with Gasteiger partial charge in [-0.25, -0.2) is 0 Å². The SMILES string of the molecule is CCCCCCCCCCCCCCCCOc1ccc(C=Nc2ccc(N=Nc3ccc(Br)cc3)c3ccccc23)cc1. The molecule has 0 atom stereocenters. The summed E-state index contributed by atoms with van der Waals surface area (Å²) in [5, 5.41) is 11.0. The van der Waals surface area contributed by atoms with Gasteiger partial charge in [0.1, 0.15) is 5.75 Å². The van der Waals surface area contributed by atoms with Gasteiger partial charge in [-0.15, -0.1) is 5.11 Å². The van der Waals surface area contributed by atoms with E-state index in [4.69, 9.17) is 9.73 Å². The summed E-state index contributed by atoms with van der Waals surface area (Å²) in [7, 11) is 0. The lowest BCUT2D eigenvalue weighted by Gasteiger charge is -2.07. The molecule has 4 nitrogen and oxygen atoms in total. The molecule has 44 heavy (non-hydrogen) atoms. The van der Waals surface area contributed by atoms with Crippen molar-refractivity contribution in [3.63, 3.8) is 0 Å². The van der Waals surface area contributed by atoms with E-state index in [9.17, 15) is 0 Å². The van der Waals surface area contributed by atoms with Gasteiger partial charge in [0, 0.05) is 21.5 Å². The number of nitrogens with zero attached hydrogens (tertiary/aromatic N) is 3. The third-order valence-electron chi connectivity index (χ3n) is 7.98. The third kappa shape index (κ3) is 12.0. The standard InChI is InChI=1S/C39H48BrN3O/c1-2-3-4-5-6-7-8-9-10-11-12-13-14-17-30-44-35-26-20-32(21-27-35)31-41-38-28-29-39(37-19-16-15-18-36(37)38)43-42-34-24-22-33(40)23-25-34/h15-16,18-29,31H,2-14,17,30H2,1H3. The molecule has 232 valence electrons. The minimum atomic E-state index is 0.781. The molecule has 0 saturated carbocycles. The first-order valence-corrected chi connectivity index (χ1v) is 17.5. The van der Waals surface area contributed by atoms with Crippen LogP contribution in [0.1, 0.15) is 102 Å². The number of azo groups is 1. The number of fused-ring (bicyclic) bond motifs is 1. The van der Waals surface area contributed by atoms with Crippen molar-refractivity contribution >= 4 is 50.0 Å². The van der Waals surface area contributed by atoms with Crippen molar-refractivity contribution in [1.82, 2.24) is 0 Å². The van der Waals surface area contributed by atoms with Gasteiger partial charge in [-0.3, -0.25) is 4.99 Å². The topological polar surface area (TPSA) is 46.3 Å². The van der Waals surface area contributed by atoms with Gasteiger partial charge in [0.15, 0.2) is 0 Å². The predicted molar refractivity (Wildman–Crippen MR) is 192 cm³/mol. The fourth-order valence-electron chi connectivity index (χ4n) is 5.37. The number of unbranched alkanes of at least 4 members (excludes halogenated alkanes) is 13. The fraction of sp³-hybridized carbons (Fsp3) is 0.410. The minimum absolute atomic E-state index is 0.781. The van der Waals surface area contributed by atoms with Crippen molar-refractivity contribution in [2.24, 2.45) is 15.2 Å². The number of hydrogen-bond acceptors (Lipinski definition) is 4. The van der Waals surface area contributed by atoms with E-state index in [0.717, 1.165) is 56.6 Å². The van der Waals surface area contributed by atoms with E-state index in [1.165, 1.54) is 83.5 Å². The summed E-state index contributed by atoms with van der Waals surface area (Å²) in [6.45, 7) is 3.07. The van der Waals surface area contributed by atoms with E-state index in [-0.39, 0.29) is 0 Å². The van der Waals surface area contributed by atoms with E-state index in [1.54, 1.807) is 0 Å². The first kappa shape index (κ1) is 33.6. The number of halogens is 1. The van der Waals surface area contributed by atoms with Crippen molar-refractivity contribution < 1.29 is 4.74 Å². The van der Waals surface area contributed by atoms with E-state index in [2.05, 4.69) is 57.3 Å². The van der Waals surface area contributed by atoms with Crippen molar-refractivity contribution in [3.8, 4) is 5.75 Å². The summed E-state index contributed by atoms with van der Waals surface area (Å²) < 4.78 is 7.02. The lowest BCUT2D eigenvalue weighted by atomic mass is 10.0. The molecule has 0 unspecified atom stereocenters. The van der Waals surface area contributed by atoms with Crippen LogP contribution in [0.2, 0.25) is 0 Å². The van der Waals surface area contributed by atoms with Gasteiger partial charge < -0.3 is 4.74 Å². The zero-order chi connectivity index (χ0) is 30.7. The maximum Gasteiger partial charge on any atom is 0.119 e. The molecule has 0 spiro atoms. The van der Waals surface area contributed by atoms with Gasteiger partial charge in [-0.1, -0.05) is 131 Å². The molecular formula is C39H48BrN3O. The summed E-state index contributed by atoms with van der Waals surface area (Å²) in [5.74, 6) is 0.919. The second-order valence-electron chi connectivity index (χ2n) is 11.6. The lowest BCUT2D eigenvalue weighted by molar-refractivity contribution is 0.304. The van der Waals surface area contributed by atoms with Crippen molar-refractivity contribution in [3.05, 3.63) is 95.0 Å². The first-order valence-electron chi connectivity index (χ1n) is 16.7. The minimum Gasteiger partial charge on any atom is -0.494 e. The number of ether oxygens (including phenoxy) is 1. The summed E-state index contributed by atoms with van der Waals surface area (Å²) in [6.07, 6.45) is 21.1. The van der Waals surface area contributed by atoms with Crippen molar-refractivity contribution in [2.45, 2.75) is 96.8 Å². The van der Waals surface area contributed by atoms with Crippen molar-refractivity contribution in [1.29, 1.82) is 0 Å². The average molecular weight is 655 g/mol. The van der Waals surface area contributed by atoms with Gasteiger partial charge in [0.2, 0.25) is 0 Å². The first-order chi connectivity index (χ1) is 21.7. The normalized spacial score (nSPS) is 11.7. The summed E-state index contributed by atoms with van der Waals surface area (Å²) >= 11 is 3.46. The Morgan fingerprint density at radius 3 is 1.73 bits per heavy atom. The van der Waals surface area contributed by atoms with Gasteiger partial charge in [-0.2, -0.15) is 5.11 Å². The highest BCUT2D eigenvalue weighted by atomic mass is 79.9. The summed E-state index contributed by atoms with van der Waals surface area (Å²) in [5.41, 5.74) is 3.58. The van der Waals surface area contributed by atoms with Crippen LogP contribution in [0.25, 0.3) is 10.8 Å². The summed E-state index contributed by atoms with van der Waals surface area (Å²) in [4.78, 5) is 4.81. The van der Waals surface area contributed by atoms with Gasteiger partial charge in [0.05, 0.1) is 23.7 Å². The Labute approximate surface area is 273 Å². The molecule has 4 rings (SSSR count). The molecule has 0 aliphatic rings. The van der Waals surface area contributed by atoms with Gasteiger partial charge >= 0.3 is 0 Å². The summed E-state index contributed by atoms with van der Waals surface area (Å²) in [6, 6.07) is 28.2. The van der Waals surface area contributed by atoms with Crippen LogP contribution in [0.3, 0.4) is 0 Å². The van der Waals surface area contributed by atoms with E-state index in [1.807, 2.05) is 66.9 Å². The Hall–Kier alpha value is -3.31.